The third kappa shape index (κ3) is 3.24. The summed E-state index contributed by atoms with van der Waals surface area (Å²) in [5.74, 6) is -1.77. The van der Waals surface area contributed by atoms with Crippen molar-refractivity contribution in [2.45, 2.75) is 25.9 Å². The van der Waals surface area contributed by atoms with Crippen LogP contribution in [0.25, 0.3) is 11.1 Å². The monoisotopic (exact) mass is 309 g/mol. The van der Waals surface area contributed by atoms with Crippen LogP contribution in [0.15, 0.2) is 30.6 Å². The van der Waals surface area contributed by atoms with Crippen LogP contribution in [-0.2, 0) is 12.6 Å². The summed E-state index contributed by atoms with van der Waals surface area (Å²) in [6, 6.07) is 4.94. The second-order valence-corrected chi connectivity index (χ2v) is 4.74. The zero-order valence-corrected chi connectivity index (χ0v) is 11.8. The van der Waals surface area contributed by atoms with Crippen molar-refractivity contribution in [1.82, 2.24) is 9.97 Å². The fraction of sp³-hybridized carbons (Fsp3) is 0.267. The van der Waals surface area contributed by atoms with Gasteiger partial charge in [0.2, 0.25) is 11.7 Å². The van der Waals surface area contributed by atoms with Crippen molar-refractivity contribution in [2.24, 2.45) is 5.73 Å². The molecule has 0 radical (unpaired) electrons. The van der Waals surface area contributed by atoms with E-state index >= 15 is 0 Å². The highest BCUT2D eigenvalue weighted by Crippen LogP contribution is 2.29. The van der Waals surface area contributed by atoms with Crippen molar-refractivity contribution in [1.29, 1.82) is 0 Å². The van der Waals surface area contributed by atoms with Gasteiger partial charge in [0, 0.05) is 23.5 Å². The molecule has 0 unspecified atom stereocenters. The van der Waals surface area contributed by atoms with E-state index in [0.717, 1.165) is 18.8 Å². The first-order valence-electron chi connectivity index (χ1n) is 6.66. The van der Waals surface area contributed by atoms with Crippen LogP contribution in [0.5, 0.6) is 0 Å². The van der Waals surface area contributed by atoms with E-state index < -0.39 is 17.9 Å². The number of halogens is 3. The summed E-state index contributed by atoms with van der Waals surface area (Å²) in [7, 11) is 0. The number of hydrogen-bond donors (Lipinski definition) is 1. The molecule has 0 atom stereocenters. The SMILES string of the molecule is CCCc1c(C(N)=O)cccc1-c1cnc(C(F)(F)F)nc1. The third-order valence-corrected chi connectivity index (χ3v) is 3.16. The molecule has 1 amide bonds. The number of nitrogens with two attached hydrogens (primary N) is 1. The van der Waals surface area contributed by atoms with E-state index in [1.807, 2.05) is 6.92 Å². The Bertz CT molecular complexity index is 681. The van der Waals surface area contributed by atoms with Crippen molar-refractivity contribution >= 4 is 5.91 Å². The van der Waals surface area contributed by atoms with E-state index in [-0.39, 0.29) is 0 Å². The number of nitrogens with zero attached hydrogens (tertiary/aromatic N) is 2. The van der Waals surface area contributed by atoms with Crippen LogP contribution in [0.1, 0.15) is 35.1 Å². The molecule has 0 fully saturated rings. The Morgan fingerprint density at radius 1 is 1.23 bits per heavy atom. The van der Waals surface area contributed by atoms with Crippen LogP contribution in [0.3, 0.4) is 0 Å². The Labute approximate surface area is 125 Å². The standard InChI is InChI=1S/C15H14F3N3O/c1-2-4-11-10(5-3-6-12(11)13(19)22)9-7-20-14(21-8-9)15(16,17)18/h3,5-8H,2,4H2,1H3,(H2,19,22). The van der Waals surface area contributed by atoms with Crippen LogP contribution >= 0.6 is 0 Å². The Hall–Kier alpha value is -2.44. The van der Waals surface area contributed by atoms with E-state index in [4.69, 9.17) is 5.73 Å². The highest BCUT2D eigenvalue weighted by atomic mass is 19.4. The molecule has 1 aromatic heterocycles. The Balaban J connectivity index is 2.52. The van der Waals surface area contributed by atoms with E-state index in [0.29, 0.717) is 28.7 Å². The van der Waals surface area contributed by atoms with Gasteiger partial charge in [0.05, 0.1) is 0 Å². The number of carbonyl (C=O) groups excluding carboxylic acids is 1. The first-order chi connectivity index (χ1) is 10.3. The predicted molar refractivity (Wildman–Crippen MR) is 75.0 cm³/mol. The lowest BCUT2D eigenvalue weighted by Gasteiger charge is -2.13. The van der Waals surface area contributed by atoms with E-state index in [9.17, 15) is 18.0 Å². The molecule has 0 saturated heterocycles. The van der Waals surface area contributed by atoms with Gasteiger partial charge in [-0.2, -0.15) is 13.2 Å². The molecule has 0 aliphatic heterocycles. The number of amides is 1. The van der Waals surface area contributed by atoms with Gasteiger partial charge in [-0.3, -0.25) is 4.79 Å². The van der Waals surface area contributed by atoms with Gasteiger partial charge in [-0.25, -0.2) is 9.97 Å². The first-order valence-corrected chi connectivity index (χ1v) is 6.66. The van der Waals surface area contributed by atoms with Gasteiger partial charge in [0.15, 0.2) is 0 Å². The molecule has 0 saturated carbocycles. The molecule has 0 spiro atoms. The summed E-state index contributed by atoms with van der Waals surface area (Å²) in [5, 5.41) is 0. The summed E-state index contributed by atoms with van der Waals surface area (Å²) >= 11 is 0. The molecule has 116 valence electrons. The minimum atomic E-state index is -4.58. The lowest BCUT2D eigenvalue weighted by Crippen LogP contribution is -2.14. The van der Waals surface area contributed by atoms with Gasteiger partial charge >= 0.3 is 6.18 Å². The molecule has 2 rings (SSSR count). The average Bonchev–Trinajstić information content (AvgIpc) is 2.47. The van der Waals surface area contributed by atoms with Crippen molar-refractivity contribution in [3.8, 4) is 11.1 Å². The molecule has 1 heterocycles. The summed E-state index contributed by atoms with van der Waals surface area (Å²) in [6.45, 7) is 1.94. The minimum absolute atomic E-state index is 0.360. The van der Waals surface area contributed by atoms with E-state index in [1.165, 1.54) is 0 Å². The molecular weight excluding hydrogens is 295 g/mol. The largest absolute Gasteiger partial charge is 0.451 e. The number of carbonyl (C=O) groups is 1. The summed E-state index contributed by atoms with van der Waals surface area (Å²) in [4.78, 5) is 18.2. The molecule has 0 bridgehead atoms. The Morgan fingerprint density at radius 3 is 2.36 bits per heavy atom. The molecule has 0 aliphatic carbocycles. The van der Waals surface area contributed by atoms with Gasteiger partial charge in [-0.1, -0.05) is 25.5 Å². The summed E-state index contributed by atoms with van der Waals surface area (Å²) in [5.41, 5.74) is 7.44. The Morgan fingerprint density at radius 2 is 1.86 bits per heavy atom. The minimum Gasteiger partial charge on any atom is -0.366 e. The maximum atomic E-state index is 12.5. The van der Waals surface area contributed by atoms with E-state index in [2.05, 4.69) is 9.97 Å². The molecular formula is C15H14F3N3O. The highest BCUT2D eigenvalue weighted by molar-refractivity contribution is 5.96. The number of aromatic nitrogens is 2. The van der Waals surface area contributed by atoms with Crippen LogP contribution in [-0.4, -0.2) is 15.9 Å². The molecule has 7 heteroatoms. The zero-order chi connectivity index (χ0) is 16.3. The van der Waals surface area contributed by atoms with Crippen LogP contribution in [0.4, 0.5) is 13.2 Å². The van der Waals surface area contributed by atoms with Gasteiger partial charge < -0.3 is 5.73 Å². The van der Waals surface area contributed by atoms with Crippen molar-refractivity contribution in [3.63, 3.8) is 0 Å². The topological polar surface area (TPSA) is 68.9 Å². The van der Waals surface area contributed by atoms with Crippen molar-refractivity contribution < 1.29 is 18.0 Å². The predicted octanol–water partition coefficient (Wildman–Crippen LogP) is 3.21. The number of benzene rings is 1. The third-order valence-electron chi connectivity index (χ3n) is 3.16. The first kappa shape index (κ1) is 15.9. The summed E-state index contributed by atoms with van der Waals surface area (Å²) < 4.78 is 37.5. The molecule has 2 aromatic rings. The van der Waals surface area contributed by atoms with Gasteiger partial charge in [0.25, 0.3) is 0 Å². The van der Waals surface area contributed by atoms with Gasteiger partial charge in [-0.05, 0) is 23.6 Å². The fourth-order valence-electron chi connectivity index (χ4n) is 2.22. The maximum absolute atomic E-state index is 12.5. The van der Waals surface area contributed by atoms with Gasteiger partial charge in [-0.15, -0.1) is 0 Å². The number of primary amides is 1. The number of hydrogen-bond acceptors (Lipinski definition) is 3. The molecule has 0 aliphatic rings. The van der Waals surface area contributed by atoms with Crippen LogP contribution in [0.2, 0.25) is 0 Å². The fourth-order valence-corrected chi connectivity index (χ4v) is 2.22. The Kier molecular flexibility index (Phi) is 4.44. The quantitative estimate of drug-likeness (QED) is 0.943. The second kappa shape index (κ2) is 6.13. The maximum Gasteiger partial charge on any atom is 0.451 e. The van der Waals surface area contributed by atoms with Crippen LogP contribution < -0.4 is 5.73 Å². The molecule has 4 nitrogen and oxygen atoms in total. The summed E-state index contributed by atoms with van der Waals surface area (Å²) in [6.07, 6.45) is -1.03. The van der Waals surface area contributed by atoms with Gasteiger partial charge in [0.1, 0.15) is 0 Å². The second-order valence-electron chi connectivity index (χ2n) is 4.74. The molecule has 2 N–H and O–H groups in total. The van der Waals surface area contributed by atoms with Crippen LogP contribution in [0, 0.1) is 0 Å². The number of alkyl halides is 3. The van der Waals surface area contributed by atoms with Crippen molar-refractivity contribution in [2.75, 3.05) is 0 Å². The number of rotatable bonds is 4. The zero-order valence-electron chi connectivity index (χ0n) is 11.8. The normalized spacial score (nSPS) is 11.5. The average molecular weight is 309 g/mol. The van der Waals surface area contributed by atoms with Crippen molar-refractivity contribution in [3.05, 3.63) is 47.5 Å². The lowest BCUT2D eigenvalue weighted by atomic mass is 9.93. The lowest BCUT2D eigenvalue weighted by molar-refractivity contribution is -0.144. The molecule has 22 heavy (non-hydrogen) atoms. The van der Waals surface area contributed by atoms with E-state index in [1.54, 1.807) is 18.2 Å². The highest BCUT2D eigenvalue weighted by Gasteiger charge is 2.34. The smallest absolute Gasteiger partial charge is 0.366 e. The molecule has 1 aromatic carbocycles.